The summed E-state index contributed by atoms with van der Waals surface area (Å²) in [6.45, 7) is 1.21. The quantitative estimate of drug-likeness (QED) is 0.678. The SMILES string of the molecule is O=C(Nc1ccc2c(c1)N(C(=O)C1CCCO1)CC2)c1cc2ccccc2oc1=O. The van der Waals surface area contributed by atoms with Crippen LogP contribution in [0.3, 0.4) is 0 Å². The summed E-state index contributed by atoms with van der Waals surface area (Å²) in [7, 11) is 0. The van der Waals surface area contributed by atoms with Crippen LogP contribution in [0, 0.1) is 0 Å². The number of benzene rings is 2. The summed E-state index contributed by atoms with van der Waals surface area (Å²) in [4.78, 5) is 39.5. The fraction of sp³-hybridized carbons (Fsp3) is 0.261. The first-order valence-electron chi connectivity index (χ1n) is 10.0. The van der Waals surface area contributed by atoms with Crippen LogP contribution in [0.2, 0.25) is 0 Å². The Morgan fingerprint density at radius 2 is 1.97 bits per heavy atom. The third-order valence-corrected chi connectivity index (χ3v) is 5.60. The Morgan fingerprint density at radius 3 is 2.80 bits per heavy atom. The Bertz CT molecular complexity index is 1210. The van der Waals surface area contributed by atoms with Gasteiger partial charge >= 0.3 is 5.63 Å². The molecule has 1 unspecified atom stereocenters. The first-order chi connectivity index (χ1) is 14.6. The molecule has 2 amide bonds. The summed E-state index contributed by atoms with van der Waals surface area (Å²) in [5.74, 6) is -0.589. The molecule has 30 heavy (non-hydrogen) atoms. The molecule has 3 aromatic rings. The number of amides is 2. The lowest BCUT2D eigenvalue weighted by Gasteiger charge is -2.21. The van der Waals surface area contributed by atoms with Crippen molar-refractivity contribution in [3.8, 4) is 0 Å². The normalized spacial score (nSPS) is 17.9. The molecule has 0 radical (unpaired) electrons. The van der Waals surface area contributed by atoms with Gasteiger partial charge in [0.2, 0.25) is 0 Å². The fourth-order valence-corrected chi connectivity index (χ4v) is 4.05. The molecule has 0 spiro atoms. The predicted octanol–water partition coefficient (Wildman–Crippen LogP) is 3.11. The van der Waals surface area contributed by atoms with Crippen molar-refractivity contribution in [2.75, 3.05) is 23.4 Å². The topological polar surface area (TPSA) is 88.8 Å². The average molecular weight is 404 g/mol. The van der Waals surface area contributed by atoms with Gasteiger partial charge in [-0.15, -0.1) is 0 Å². The number of rotatable bonds is 3. The molecule has 7 nitrogen and oxygen atoms in total. The molecule has 0 bridgehead atoms. The van der Waals surface area contributed by atoms with Crippen molar-refractivity contribution in [3.05, 3.63) is 70.1 Å². The van der Waals surface area contributed by atoms with Crippen LogP contribution in [0.15, 0.2) is 57.7 Å². The smallest absolute Gasteiger partial charge is 0.349 e. The highest BCUT2D eigenvalue weighted by atomic mass is 16.5. The highest BCUT2D eigenvalue weighted by Crippen LogP contribution is 2.32. The van der Waals surface area contributed by atoms with Gasteiger partial charge in [-0.3, -0.25) is 9.59 Å². The van der Waals surface area contributed by atoms with E-state index >= 15 is 0 Å². The van der Waals surface area contributed by atoms with Crippen LogP contribution < -0.4 is 15.8 Å². The number of hydrogen-bond acceptors (Lipinski definition) is 5. The van der Waals surface area contributed by atoms with E-state index in [0.717, 1.165) is 30.5 Å². The Morgan fingerprint density at radius 1 is 1.10 bits per heavy atom. The lowest BCUT2D eigenvalue weighted by atomic mass is 10.1. The van der Waals surface area contributed by atoms with Gasteiger partial charge in [-0.2, -0.15) is 0 Å². The minimum Gasteiger partial charge on any atom is -0.422 e. The van der Waals surface area contributed by atoms with Gasteiger partial charge in [0.1, 0.15) is 17.3 Å². The number of anilines is 2. The molecule has 2 aliphatic heterocycles. The van der Waals surface area contributed by atoms with Crippen molar-refractivity contribution in [1.82, 2.24) is 0 Å². The second-order valence-corrected chi connectivity index (χ2v) is 7.52. The summed E-state index contributed by atoms with van der Waals surface area (Å²) >= 11 is 0. The molecular formula is C23H20N2O5. The zero-order valence-corrected chi connectivity index (χ0v) is 16.2. The standard InChI is InChI=1S/C23H20N2O5/c26-21(17-12-15-4-1-2-5-19(15)30-23(17)28)24-16-8-7-14-9-10-25(18(14)13-16)22(27)20-6-3-11-29-20/h1-2,4-5,7-8,12-13,20H,3,6,9-11H2,(H,24,26). The van der Waals surface area contributed by atoms with Gasteiger partial charge in [0.05, 0.1) is 0 Å². The largest absolute Gasteiger partial charge is 0.422 e. The number of para-hydroxylation sites is 1. The molecule has 7 heteroatoms. The number of carbonyl (C=O) groups is 2. The Kier molecular flexibility index (Phi) is 4.59. The van der Waals surface area contributed by atoms with Crippen LogP contribution in [0.5, 0.6) is 0 Å². The van der Waals surface area contributed by atoms with Crippen LogP contribution in [0.1, 0.15) is 28.8 Å². The number of fused-ring (bicyclic) bond motifs is 2. The summed E-state index contributed by atoms with van der Waals surface area (Å²) in [6.07, 6.45) is 1.99. The first-order valence-corrected chi connectivity index (χ1v) is 10.0. The fourth-order valence-electron chi connectivity index (χ4n) is 4.05. The lowest BCUT2D eigenvalue weighted by molar-refractivity contribution is -0.127. The van der Waals surface area contributed by atoms with Crippen LogP contribution in [-0.2, 0) is 16.0 Å². The number of hydrogen-bond donors (Lipinski definition) is 1. The molecule has 0 saturated carbocycles. The number of nitrogens with one attached hydrogen (secondary N) is 1. The van der Waals surface area contributed by atoms with E-state index in [0.29, 0.717) is 29.8 Å². The third-order valence-electron chi connectivity index (χ3n) is 5.60. The summed E-state index contributed by atoms with van der Waals surface area (Å²) in [5, 5.41) is 3.43. The van der Waals surface area contributed by atoms with E-state index in [9.17, 15) is 14.4 Å². The van der Waals surface area contributed by atoms with E-state index in [1.165, 1.54) is 6.07 Å². The summed E-state index contributed by atoms with van der Waals surface area (Å²) in [5.41, 5.74) is 2.01. The van der Waals surface area contributed by atoms with Gasteiger partial charge in [-0.05, 0) is 49.1 Å². The number of nitrogens with zero attached hydrogens (tertiary/aromatic N) is 1. The van der Waals surface area contributed by atoms with E-state index in [1.807, 2.05) is 12.1 Å². The lowest BCUT2D eigenvalue weighted by Crippen LogP contribution is -2.37. The average Bonchev–Trinajstić information content (AvgIpc) is 3.42. The summed E-state index contributed by atoms with van der Waals surface area (Å²) < 4.78 is 10.8. The molecule has 2 aromatic carbocycles. The van der Waals surface area contributed by atoms with E-state index in [-0.39, 0.29) is 11.5 Å². The van der Waals surface area contributed by atoms with Crippen LogP contribution in [0.4, 0.5) is 11.4 Å². The Balaban J connectivity index is 1.40. The van der Waals surface area contributed by atoms with E-state index in [2.05, 4.69) is 5.32 Å². The van der Waals surface area contributed by atoms with E-state index in [1.54, 1.807) is 35.2 Å². The minimum absolute atomic E-state index is 0.0371. The number of carbonyl (C=O) groups excluding carboxylic acids is 2. The van der Waals surface area contributed by atoms with Gasteiger partial charge in [0.25, 0.3) is 11.8 Å². The van der Waals surface area contributed by atoms with E-state index < -0.39 is 17.6 Å². The molecule has 1 N–H and O–H groups in total. The maximum Gasteiger partial charge on any atom is 0.349 e. The van der Waals surface area contributed by atoms with Crippen LogP contribution >= 0.6 is 0 Å². The second-order valence-electron chi connectivity index (χ2n) is 7.52. The Hall–Kier alpha value is -3.45. The van der Waals surface area contributed by atoms with E-state index in [4.69, 9.17) is 9.15 Å². The molecule has 1 atom stereocenters. The van der Waals surface area contributed by atoms with Gasteiger partial charge in [0.15, 0.2) is 0 Å². The van der Waals surface area contributed by atoms with Gasteiger partial charge in [-0.1, -0.05) is 24.3 Å². The highest BCUT2D eigenvalue weighted by molar-refractivity contribution is 6.06. The molecule has 5 rings (SSSR count). The second kappa shape index (κ2) is 7.42. The van der Waals surface area contributed by atoms with Crippen LogP contribution in [0.25, 0.3) is 11.0 Å². The van der Waals surface area contributed by atoms with Crippen molar-refractivity contribution in [1.29, 1.82) is 0 Å². The molecule has 1 fully saturated rings. The zero-order valence-electron chi connectivity index (χ0n) is 16.2. The predicted molar refractivity (Wildman–Crippen MR) is 112 cm³/mol. The van der Waals surface area contributed by atoms with Crippen molar-refractivity contribution >= 4 is 34.2 Å². The minimum atomic E-state index is -0.692. The van der Waals surface area contributed by atoms with Gasteiger partial charge in [0, 0.05) is 29.9 Å². The maximum absolute atomic E-state index is 12.8. The van der Waals surface area contributed by atoms with Gasteiger partial charge in [-0.25, -0.2) is 4.79 Å². The zero-order chi connectivity index (χ0) is 20.7. The van der Waals surface area contributed by atoms with Crippen molar-refractivity contribution < 1.29 is 18.7 Å². The molecule has 1 saturated heterocycles. The Labute approximate surface area is 172 Å². The van der Waals surface area contributed by atoms with Crippen LogP contribution in [-0.4, -0.2) is 31.1 Å². The van der Waals surface area contributed by atoms with Crippen molar-refractivity contribution in [3.63, 3.8) is 0 Å². The first kappa shape index (κ1) is 18.6. The van der Waals surface area contributed by atoms with Crippen molar-refractivity contribution in [2.45, 2.75) is 25.4 Å². The molecular weight excluding hydrogens is 384 g/mol. The number of ether oxygens (including phenoxy) is 1. The maximum atomic E-state index is 12.8. The molecule has 0 aliphatic carbocycles. The molecule has 3 heterocycles. The van der Waals surface area contributed by atoms with Gasteiger partial charge < -0.3 is 19.4 Å². The molecule has 2 aliphatic rings. The molecule has 1 aromatic heterocycles. The monoisotopic (exact) mass is 404 g/mol. The molecule has 152 valence electrons. The summed E-state index contributed by atoms with van der Waals surface area (Å²) in [6, 6.07) is 14.0. The van der Waals surface area contributed by atoms with Crippen molar-refractivity contribution in [2.24, 2.45) is 0 Å². The highest BCUT2D eigenvalue weighted by Gasteiger charge is 2.32. The third kappa shape index (κ3) is 3.27.